The first kappa shape index (κ1) is 21.4. The van der Waals surface area contributed by atoms with Crippen molar-refractivity contribution >= 4 is 46.5 Å². The second kappa shape index (κ2) is 9.46. The molecule has 0 aliphatic carbocycles. The van der Waals surface area contributed by atoms with E-state index >= 15 is 0 Å². The molecule has 1 atom stereocenters. The highest BCUT2D eigenvalue weighted by Crippen LogP contribution is 2.26. The van der Waals surface area contributed by atoms with Crippen LogP contribution in [0.2, 0.25) is 10.0 Å². The molecule has 2 aromatic rings. The molecule has 1 fully saturated rings. The number of likely N-dealkylation sites (tertiary alicyclic amines) is 1. The summed E-state index contributed by atoms with van der Waals surface area (Å²) in [7, 11) is 0. The summed E-state index contributed by atoms with van der Waals surface area (Å²) >= 11 is 12.0. The van der Waals surface area contributed by atoms with Gasteiger partial charge < -0.3 is 15.1 Å². The summed E-state index contributed by atoms with van der Waals surface area (Å²) in [4.78, 5) is 33.9. The molecular weight excluding hydrogens is 411 g/mol. The third-order valence-electron chi connectivity index (χ3n) is 5.09. The first-order chi connectivity index (χ1) is 13.9. The molecule has 8 heteroatoms. The predicted molar refractivity (Wildman–Crippen MR) is 117 cm³/mol. The van der Waals surface area contributed by atoms with E-state index in [0.29, 0.717) is 34.3 Å². The van der Waals surface area contributed by atoms with Crippen molar-refractivity contribution in [2.24, 2.45) is 0 Å². The van der Waals surface area contributed by atoms with E-state index in [0.717, 1.165) is 25.3 Å². The molecule has 1 unspecified atom stereocenters. The van der Waals surface area contributed by atoms with E-state index in [4.69, 9.17) is 23.2 Å². The molecule has 1 N–H and O–H groups in total. The van der Waals surface area contributed by atoms with E-state index in [1.54, 1.807) is 23.2 Å². The van der Waals surface area contributed by atoms with Crippen molar-refractivity contribution in [2.45, 2.75) is 32.7 Å². The Morgan fingerprint density at radius 1 is 1.17 bits per heavy atom. The standard InChI is InChI=1S/C21H24Cl2N4O2/c1-3-26(4-2)19-10-8-15(13-24-19)25-20(28)18-6-5-11-27(18)21(29)14-7-9-16(22)17(23)12-14/h7-10,12-13,18H,3-6,11H2,1-2H3,(H,25,28). The molecule has 154 valence electrons. The Hall–Kier alpha value is -2.31. The molecule has 0 radical (unpaired) electrons. The zero-order valence-corrected chi connectivity index (χ0v) is 18.0. The lowest BCUT2D eigenvalue weighted by atomic mass is 10.1. The first-order valence-corrected chi connectivity index (χ1v) is 10.5. The number of amides is 2. The Morgan fingerprint density at radius 2 is 1.93 bits per heavy atom. The van der Waals surface area contributed by atoms with Crippen molar-refractivity contribution in [1.82, 2.24) is 9.88 Å². The molecule has 29 heavy (non-hydrogen) atoms. The lowest BCUT2D eigenvalue weighted by molar-refractivity contribution is -0.119. The molecule has 2 amide bonds. The molecule has 1 aliphatic rings. The van der Waals surface area contributed by atoms with Gasteiger partial charge in [0.05, 0.1) is 21.9 Å². The predicted octanol–water partition coefficient (Wildman–Crippen LogP) is 4.48. The van der Waals surface area contributed by atoms with Crippen molar-refractivity contribution in [3.05, 3.63) is 52.1 Å². The van der Waals surface area contributed by atoms with Gasteiger partial charge in [-0.05, 0) is 57.0 Å². The average molecular weight is 435 g/mol. The first-order valence-electron chi connectivity index (χ1n) is 9.72. The van der Waals surface area contributed by atoms with Gasteiger partial charge in [-0.1, -0.05) is 23.2 Å². The van der Waals surface area contributed by atoms with Crippen LogP contribution < -0.4 is 10.2 Å². The van der Waals surface area contributed by atoms with Gasteiger partial charge >= 0.3 is 0 Å². The zero-order chi connectivity index (χ0) is 21.0. The molecule has 0 saturated carbocycles. The number of benzene rings is 1. The summed E-state index contributed by atoms with van der Waals surface area (Å²) in [6, 6.07) is 7.94. The zero-order valence-electron chi connectivity index (χ0n) is 16.5. The maximum Gasteiger partial charge on any atom is 0.254 e. The minimum atomic E-state index is -0.528. The van der Waals surface area contributed by atoms with Crippen LogP contribution in [0.5, 0.6) is 0 Å². The molecule has 1 aliphatic heterocycles. The summed E-state index contributed by atoms with van der Waals surface area (Å²) in [5.74, 6) is 0.426. The fourth-order valence-corrected chi connectivity index (χ4v) is 3.80. The van der Waals surface area contributed by atoms with Crippen LogP contribution in [0.1, 0.15) is 37.0 Å². The second-order valence-electron chi connectivity index (χ2n) is 6.85. The van der Waals surface area contributed by atoms with Crippen molar-refractivity contribution in [2.75, 3.05) is 29.9 Å². The third kappa shape index (κ3) is 4.82. The summed E-state index contributed by atoms with van der Waals surface area (Å²) in [6.45, 7) is 6.39. The number of hydrogen-bond donors (Lipinski definition) is 1. The number of carbonyl (C=O) groups excluding carboxylic acids is 2. The third-order valence-corrected chi connectivity index (χ3v) is 5.82. The molecule has 1 aromatic heterocycles. The van der Waals surface area contributed by atoms with E-state index in [9.17, 15) is 9.59 Å². The van der Waals surface area contributed by atoms with Gasteiger partial charge in [0.15, 0.2) is 0 Å². The van der Waals surface area contributed by atoms with Crippen molar-refractivity contribution in [3.63, 3.8) is 0 Å². The average Bonchev–Trinajstić information content (AvgIpc) is 3.21. The normalized spacial score (nSPS) is 16.0. The highest BCUT2D eigenvalue weighted by molar-refractivity contribution is 6.42. The Balaban J connectivity index is 1.69. The summed E-state index contributed by atoms with van der Waals surface area (Å²) < 4.78 is 0. The highest BCUT2D eigenvalue weighted by Gasteiger charge is 2.34. The van der Waals surface area contributed by atoms with Crippen LogP contribution in [0.25, 0.3) is 0 Å². The Morgan fingerprint density at radius 3 is 2.55 bits per heavy atom. The largest absolute Gasteiger partial charge is 0.357 e. The van der Waals surface area contributed by atoms with Crippen LogP contribution in [0.3, 0.4) is 0 Å². The monoisotopic (exact) mass is 434 g/mol. The number of nitrogens with zero attached hydrogens (tertiary/aromatic N) is 3. The number of carbonyl (C=O) groups is 2. The fourth-order valence-electron chi connectivity index (χ4n) is 3.50. The van der Waals surface area contributed by atoms with Crippen molar-refractivity contribution < 1.29 is 9.59 Å². The number of aromatic nitrogens is 1. The van der Waals surface area contributed by atoms with Crippen LogP contribution in [-0.4, -0.2) is 47.4 Å². The lowest BCUT2D eigenvalue weighted by Crippen LogP contribution is -2.43. The van der Waals surface area contributed by atoms with E-state index < -0.39 is 6.04 Å². The maximum atomic E-state index is 12.9. The molecule has 0 spiro atoms. The summed E-state index contributed by atoms with van der Waals surface area (Å²) in [5, 5.41) is 3.59. The second-order valence-corrected chi connectivity index (χ2v) is 7.67. The molecule has 2 heterocycles. The summed E-state index contributed by atoms with van der Waals surface area (Å²) in [5.41, 5.74) is 1.03. The SMILES string of the molecule is CCN(CC)c1ccc(NC(=O)C2CCCN2C(=O)c2ccc(Cl)c(Cl)c2)cn1. The van der Waals surface area contributed by atoms with Crippen LogP contribution in [-0.2, 0) is 4.79 Å². The smallest absolute Gasteiger partial charge is 0.254 e. The van der Waals surface area contributed by atoms with Gasteiger partial charge in [-0.15, -0.1) is 0 Å². The van der Waals surface area contributed by atoms with Gasteiger partial charge in [0.2, 0.25) is 5.91 Å². The van der Waals surface area contributed by atoms with E-state index in [-0.39, 0.29) is 11.8 Å². The number of pyridine rings is 1. The number of hydrogen-bond acceptors (Lipinski definition) is 4. The highest BCUT2D eigenvalue weighted by atomic mass is 35.5. The van der Waals surface area contributed by atoms with Crippen molar-refractivity contribution in [1.29, 1.82) is 0 Å². The Labute approximate surface area is 180 Å². The number of rotatable bonds is 6. The van der Waals surface area contributed by atoms with Crippen LogP contribution in [0.15, 0.2) is 36.5 Å². The molecule has 3 rings (SSSR count). The van der Waals surface area contributed by atoms with Crippen LogP contribution >= 0.6 is 23.2 Å². The van der Waals surface area contributed by atoms with Gasteiger partial charge in [0.1, 0.15) is 11.9 Å². The van der Waals surface area contributed by atoms with Gasteiger partial charge in [-0.3, -0.25) is 9.59 Å². The molecular formula is C21H24Cl2N4O2. The number of anilines is 2. The lowest BCUT2D eigenvalue weighted by Gasteiger charge is -2.24. The quantitative estimate of drug-likeness (QED) is 0.727. The Kier molecular flexibility index (Phi) is 6.98. The van der Waals surface area contributed by atoms with Crippen molar-refractivity contribution in [3.8, 4) is 0 Å². The topological polar surface area (TPSA) is 65.5 Å². The van der Waals surface area contributed by atoms with E-state index in [1.165, 1.54) is 6.07 Å². The number of nitrogens with one attached hydrogen (secondary N) is 1. The van der Waals surface area contributed by atoms with Gasteiger partial charge in [0.25, 0.3) is 5.91 Å². The Bertz CT molecular complexity index is 885. The summed E-state index contributed by atoms with van der Waals surface area (Å²) in [6.07, 6.45) is 3.03. The fraction of sp³-hybridized carbons (Fsp3) is 0.381. The minimum absolute atomic E-state index is 0.215. The van der Waals surface area contributed by atoms with E-state index in [1.807, 2.05) is 12.1 Å². The number of halogens is 2. The van der Waals surface area contributed by atoms with E-state index in [2.05, 4.69) is 29.0 Å². The van der Waals surface area contributed by atoms with Gasteiger partial charge in [0, 0.05) is 25.2 Å². The molecule has 0 bridgehead atoms. The molecule has 1 saturated heterocycles. The maximum absolute atomic E-state index is 12.9. The molecule has 1 aromatic carbocycles. The van der Waals surface area contributed by atoms with Crippen LogP contribution in [0, 0.1) is 0 Å². The minimum Gasteiger partial charge on any atom is -0.357 e. The van der Waals surface area contributed by atoms with Gasteiger partial charge in [-0.25, -0.2) is 4.98 Å². The van der Waals surface area contributed by atoms with Crippen LogP contribution in [0.4, 0.5) is 11.5 Å². The van der Waals surface area contributed by atoms with Gasteiger partial charge in [-0.2, -0.15) is 0 Å². The molecule has 6 nitrogen and oxygen atoms in total.